The van der Waals surface area contributed by atoms with Crippen LogP contribution in [-0.4, -0.2) is 5.78 Å². The molecular formula is C11H11Cl2NO. The Morgan fingerprint density at radius 2 is 1.80 bits per heavy atom. The van der Waals surface area contributed by atoms with E-state index in [1.165, 1.54) is 13.0 Å². The number of halogens is 2. The second kappa shape index (κ2) is 5.19. The molecule has 0 aliphatic rings. The smallest absolute Gasteiger partial charge is 0.154 e. The van der Waals surface area contributed by atoms with E-state index in [4.69, 9.17) is 23.2 Å². The third-order valence-electron chi connectivity index (χ3n) is 1.70. The molecule has 2 nitrogen and oxygen atoms in total. The SMILES string of the molecule is CC(=O)/C=C(/C)Nc1c(Cl)cccc1Cl. The van der Waals surface area contributed by atoms with E-state index in [1.807, 2.05) is 0 Å². The normalized spacial score (nSPS) is 11.3. The first-order valence-corrected chi connectivity index (χ1v) is 5.16. The van der Waals surface area contributed by atoms with Gasteiger partial charge in [-0.1, -0.05) is 29.3 Å². The van der Waals surface area contributed by atoms with Gasteiger partial charge in [-0.05, 0) is 32.1 Å². The summed E-state index contributed by atoms with van der Waals surface area (Å²) < 4.78 is 0. The zero-order valence-electron chi connectivity index (χ0n) is 8.47. The number of allylic oxidation sites excluding steroid dienone is 2. The lowest BCUT2D eigenvalue weighted by Crippen LogP contribution is -1.99. The van der Waals surface area contributed by atoms with Gasteiger partial charge >= 0.3 is 0 Å². The van der Waals surface area contributed by atoms with Crippen molar-refractivity contribution in [2.45, 2.75) is 13.8 Å². The minimum atomic E-state index is -0.0248. The number of benzene rings is 1. The quantitative estimate of drug-likeness (QED) is 0.817. The number of para-hydroxylation sites is 1. The zero-order valence-corrected chi connectivity index (χ0v) is 9.99. The van der Waals surface area contributed by atoms with Crippen LogP contribution in [0.3, 0.4) is 0 Å². The summed E-state index contributed by atoms with van der Waals surface area (Å²) in [6.07, 6.45) is 1.49. The number of rotatable bonds is 3. The van der Waals surface area contributed by atoms with Crippen LogP contribution in [0.25, 0.3) is 0 Å². The van der Waals surface area contributed by atoms with Crippen molar-refractivity contribution in [2.24, 2.45) is 0 Å². The molecule has 0 fully saturated rings. The first-order chi connectivity index (χ1) is 7.00. The predicted octanol–water partition coefficient (Wildman–Crippen LogP) is 3.90. The van der Waals surface area contributed by atoms with Crippen LogP contribution in [0.1, 0.15) is 13.8 Å². The average Bonchev–Trinajstić information content (AvgIpc) is 2.10. The first kappa shape index (κ1) is 12.1. The maximum Gasteiger partial charge on any atom is 0.154 e. The zero-order chi connectivity index (χ0) is 11.4. The van der Waals surface area contributed by atoms with Crippen molar-refractivity contribution in [3.63, 3.8) is 0 Å². The summed E-state index contributed by atoms with van der Waals surface area (Å²) in [6.45, 7) is 3.26. The molecule has 15 heavy (non-hydrogen) atoms. The van der Waals surface area contributed by atoms with Crippen molar-refractivity contribution >= 4 is 34.7 Å². The summed E-state index contributed by atoms with van der Waals surface area (Å²) in [4.78, 5) is 10.8. The molecule has 1 aromatic carbocycles. The third kappa shape index (κ3) is 3.57. The lowest BCUT2D eigenvalue weighted by atomic mass is 10.3. The van der Waals surface area contributed by atoms with E-state index in [-0.39, 0.29) is 5.78 Å². The molecule has 0 bridgehead atoms. The highest BCUT2D eigenvalue weighted by molar-refractivity contribution is 6.39. The second-order valence-corrected chi connectivity index (χ2v) is 3.97. The van der Waals surface area contributed by atoms with Gasteiger partial charge in [-0.2, -0.15) is 0 Å². The Morgan fingerprint density at radius 1 is 1.27 bits per heavy atom. The number of ketones is 1. The first-order valence-electron chi connectivity index (χ1n) is 4.40. The molecule has 0 unspecified atom stereocenters. The highest BCUT2D eigenvalue weighted by Crippen LogP contribution is 2.30. The van der Waals surface area contributed by atoms with Crippen molar-refractivity contribution in [3.05, 3.63) is 40.0 Å². The molecule has 0 aliphatic heterocycles. The van der Waals surface area contributed by atoms with Gasteiger partial charge < -0.3 is 5.32 Å². The van der Waals surface area contributed by atoms with E-state index in [9.17, 15) is 4.79 Å². The van der Waals surface area contributed by atoms with E-state index in [1.54, 1.807) is 25.1 Å². The molecule has 0 saturated carbocycles. The molecule has 0 atom stereocenters. The maximum atomic E-state index is 10.8. The molecule has 4 heteroatoms. The molecule has 80 valence electrons. The minimum Gasteiger partial charge on any atom is -0.357 e. The average molecular weight is 244 g/mol. The minimum absolute atomic E-state index is 0.0248. The maximum absolute atomic E-state index is 10.8. The number of carbonyl (C=O) groups is 1. The highest BCUT2D eigenvalue weighted by Gasteiger charge is 2.04. The summed E-state index contributed by atoms with van der Waals surface area (Å²) in [5, 5.41) is 4.04. The van der Waals surface area contributed by atoms with Gasteiger partial charge in [0.25, 0.3) is 0 Å². The van der Waals surface area contributed by atoms with Gasteiger partial charge in [-0.25, -0.2) is 0 Å². The number of nitrogens with one attached hydrogen (secondary N) is 1. The van der Waals surface area contributed by atoms with Gasteiger partial charge in [0.05, 0.1) is 15.7 Å². The molecule has 0 aromatic heterocycles. The van der Waals surface area contributed by atoms with E-state index in [0.717, 1.165) is 0 Å². The lowest BCUT2D eigenvalue weighted by Gasteiger charge is -2.09. The van der Waals surface area contributed by atoms with Crippen LogP contribution in [0.5, 0.6) is 0 Å². The Kier molecular flexibility index (Phi) is 4.18. The van der Waals surface area contributed by atoms with Gasteiger partial charge in [-0.15, -0.1) is 0 Å². The van der Waals surface area contributed by atoms with Gasteiger partial charge in [0.15, 0.2) is 5.78 Å². The van der Waals surface area contributed by atoms with Crippen LogP contribution in [-0.2, 0) is 4.79 Å². The summed E-state index contributed by atoms with van der Waals surface area (Å²) in [5.41, 5.74) is 1.33. The van der Waals surface area contributed by atoms with Crippen LogP contribution in [0.15, 0.2) is 30.0 Å². The number of anilines is 1. The lowest BCUT2D eigenvalue weighted by molar-refractivity contribution is -0.112. The van der Waals surface area contributed by atoms with Gasteiger partial charge in [0, 0.05) is 5.70 Å². The van der Waals surface area contributed by atoms with Crippen molar-refractivity contribution < 1.29 is 4.79 Å². The second-order valence-electron chi connectivity index (χ2n) is 3.16. The van der Waals surface area contributed by atoms with Crippen molar-refractivity contribution in [3.8, 4) is 0 Å². The van der Waals surface area contributed by atoms with Crippen molar-refractivity contribution in [2.75, 3.05) is 5.32 Å². The van der Waals surface area contributed by atoms with E-state index in [2.05, 4.69) is 5.32 Å². The fourth-order valence-corrected chi connectivity index (χ4v) is 1.65. The number of hydrogen-bond donors (Lipinski definition) is 1. The number of carbonyl (C=O) groups excluding carboxylic acids is 1. The predicted molar refractivity (Wildman–Crippen MR) is 64.5 cm³/mol. The van der Waals surface area contributed by atoms with Crippen LogP contribution in [0.2, 0.25) is 10.0 Å². The van der Waals surface area contributed by atoms with Crippen molar-refractivity contribution in [1.29, 1.82) is 0 Å². The van der Waals surface area contributed by atoms with Crippen LogP contribution < -0.4 is 5.32 Å². The molecule has 0 heterocycles. The van der Waals surface area contributed by atoms with Crippen LogP contribution in [0.4, 0.5) is 5.69 Å². The summed E-state index contributed by atoms with van der Waals surface area (Å²) in [5.74, 6) is -0.0248. The largest absolute Gasteiger partial charge is 0.357 e. The monoisotopic (exact) mass is 243 g/mol. The van der Waals surface area contributed by atoms with Gasteiger partial charge in [0.2, 0.25) is 0 Å². The Labute approximate surface area is 98.9 Å². The fourth-order valence-electron chi connectivity index (χ4n) is 1.16. The Bertz CT molecular complexity index is 393. The van der Waals surface area contributed by atoms with E-state index in [0.29, 0.717) is 21.4 Å². The Hall–Kier alpha value is -0.990. The van der Waals surface area contributed by atoms with E-state index >= 15 is 0 Å². The van der Waals surface area contributed by atoms with E-state index < -0.39 is 0 Å². The molecule has 1 N–H and O–H groups in total. The molecule has 0 aliphatic carbocycles. The van der Waals surface area contributed by atoms with Gasteiger partial charge in [-0.3, -0.25) is 4.79 Å². The Morgan fingerprint density at radius 3 is 2.27 bits per heavy atom. The highest BCUT2D eigenvalue weighted by atomic mass is 35.5. The molecule has 0 saturated heterocycles. The standard InChI is InChI=1S/C11H11Cl2NO/c1-7(6-8(2)15)14-11-9(12)4-3-5-10(11)13/h3-6,14H,1-2H3/b7-6-. The molecule has 0 spiro atoms. The Balaban J connectivity index is 2.94. The topological polar surface area (TPSA) is 29.1 Å². The summed E-state index contributed by atoms with van der Waals surface area (Å²) in [6, 6.07) is 5.23. The van der Waals surface area contributed by atoms with Crippen molar-refractivity contribution in [1.82, 2.24) is 0 Å². The third-order valence-corrected chi connectivity index (χ3v) is 2.33. The summed E-state index contributed by atoms with van der Waals surface area (Å²) >= 11 is 11.9. The van der Waals surface area contributed by atoms with Gasteiger partial charge in [0.1, 0.15) is 0 Å². The van der Waals surface area contributed by atoms with Crippen LogP contribution in [0, 0.1) is 0 Å². The molecule has 0 radical (unpaired) electrons. The molecular weight excluding hydrogens is 233 g/mol. The van der Waals surface area contributed by atoms with Crippen LogP contribution >= 0.6 is 23.2 Å². The molecule has 1 aromatic rings. The molecule has 0 amide bonds. The molecule has 1 rings (SSSR count). The summed E-state index contributed by atoms with van der Waals surface area (Å²) in [7, 11) is 0. The number of hydrogen-bond acceptors (Lipinski definition) is 2. The fraction of sp³-hybridized carbons (Fsp3) is 0.182.